The molecule has 1 heterocycles. The van der Waals surface area contributed by atoms with Crippen LogP contribution in [0.2, 0.25) is 0 Å². The maximum absolute atomic E-state index is 4.98. The van der Waals surface area contributed by atoms with E-state index in [1.807, 2.05) is 31.6 Å². The van der Waals surface area contributed by atoms with Gasteiger partial charge in [0.1, 0.15) is 0 Å². The van der Waals surface area contributed by atoms with Crippen LogP contribution in [0.3, 0.4) is 0 Å². The van der Waals surface area contributed by atoms with Crippen molar-refractivity contribution in [3.8, 4) is 0 Å². The molecular weight excluding hydrogens is 154 g/mol. The van der Waals surface area contributed by atoms with Gasteiger partial charge in [-0.05, 0) is 13.0 Å². The van der Waals surface area contributed by atoms with Gasteiger partial charge in [-0.2, -0.15) is 5.10 Å². The van der Waals surface area contributed by atoms with Gasteiger partial charge in [0.25, 0.3) is 0 Å². The van der Waals surface area contributed by atoms with Crippen LogP contribution in [0.5, 0.6) is 0 Å². The van der Waals surface area contributed by atoms with Crippen LogP contribution in [0.15, 0.2) is 6.07 Å². The maximum Gasteiger partial charge on any atom is 0.0760 e. The van der Waals surface area contributed by atoms with Crippen molar-refractivity contribution in [1.82, 2.24) is 9.78 Å². The highest BCUT2D eigenvalue weighted by atomic mass is 16.6. The van der Waals surface area contributed by atoms with Gasteiger partial charge in [0, 0.05) is 18.7 Å². The van der Waals surface area contributed by atoms with Crippen LogP contribution >= 0.6 is 0 Å². The normalized spacial score (nSPS) is 13.3. The number of nitrogens with two attached hydrogens (primary N) is 1. The minimum Gasteiger partial charge on any atom is -0.304 e. The third-order valence-corrected chi connectivity index (χ3v) is 1.98. The lowest BCUT2D eigenvalue weighted by Crippen LogP contribution is -2.09. The Morgan fingerprint density at radius 1 is 1.75 bits per heavy atom. The second-order valence-corrected chi connectivity index (χ2v) is 3.07. The van der Waals surface area contributed by atoms with Crippen molar-refractivity contribution in [2.24, 2.45) is 12.9 Å². The molecule has 1 unspecified atom stereocenters. The molecule has 0 radical (unpaired) electrons. The predicted octanol–water partition coefficient (Wildman–Crippen LogP) is 0.722. The summed E-state index contributed by atoms with van der Waals surface area (Å²) in [5, 5.41) is 4.31. The van der Waals surface area contributed by atoms with Gasteiger partial charge in [-0.15, -0.1) is 0 Å². The Balaban J connectivity index is 2.74. The standard InChI is InChI=1S/C8H15N3O/c1-6(5-12-9)8-4-7(2)11(3)10-8/h4,6H,5,9H2,1-3H3. The Bertz CT molecular complexity index is 237. The average Bonchev–Trinajstić information content (AvgIpc) is 2.33. The molecule has 1 aromatic heterocycles. The highest BCUT2D eigenvalue weighted by Gasteiger charge is 2.09. The van der Waals surface area contributed by atoms with Crippen LogP contribution in [0.25, 0.3) is 0 Å². The van der Waals surface area contributed by atoms with Crippen LogP contribution in [0.4, 0.5) is 0 Å². The van der Waals surface area contributed by atoms with Gasteiger partial charge >= 0.3 is 0 Å². The molecule has 0 saturated heterocycles. The van der Waals surface area contributed by atoms with Gasteiger partial charge in [-0.25, -0.2) is 5.90 Å². The Kier molecular flexibility index (Phi) is 2.83. The third kappa shape index (κ3) is 1.84. The number of aromatic nitrogens is 2. The van der Waals surface area contributed by atoms with E-state index in [1.54, 1.807) is 0 Å². The molecule has 0 bridgehead atoms. The lowest BCUT2D eigenvalue weighted by molar-refractivity contribution is 0.125. The lowest BCUT2D eigenvalue weighted by atomic mass is 10.1. The number of nitrogens with zero attached hydrogens (tertiary/aromatic N) is 2. The molecule has 4 heteroatoms. The molecule has 68 valence electrons. The van der Waals surface area contributed by atoms with Crippen LogP contribution in [-0.2, 0) is 11.9 Å². The zero-order chi connectivity index (χ0) is 9.14. The number of rotatable bonds is 3. The molecule has 0 aromatic carbocycles. The molecule has 4 nitrogen and oxygen atoms in total. The molecule has 0 aliphatic heterocycles. The van der Waals surface area contributed by atoms with Crippen molar-refractivity contribution in [2.75, 3.05) is 6.61 Å². The first kappa shape index (κ1) is 9.22. The summed E-state index contributed by atoms with van der Waals surface area (Å²) in [5.74, 6) is 5.24. The predicted molar refractivity (Wildman–Crippen MR) is 46.5 cm³/mol. The average molecular weight is 169 g/mol. The van der Waals surface area contributed by atoms with Crippen LogP contribution < -0.4 is 5.90 Å². The first-order valence-electron chi connectivity index (χ1n) is 3.97. The van der Waals surface area contributed by atoms with Crippen molar-refractivity contribution in [2.45, 2.75) is 19.8 Å². The fraction of sp³-hybridized carbons (Fsp3) is 0.625. The van der Waals surface area contributed by atoms with E-state index >= 15 is 0 Å². The molecule has 0 amide bonds. The molecule has 0 aliphatic rings. The van der Waals surface area contributed by atoms with E-state index in [0.717, 1.165) is 11.4 Å². The number of aryl methyl sites for hydroxylation is 2. The van der Waals surface area contributed by atoms with E-state index in [0.29, 0.717) is 6.61 Å². The zero-order valence-electron chi connectivity index (χ0n) is 7.74. The van der Waals surface area contributed by atoms with E-state index in [9.17, 15) is 0 Å². The van der Waals surface area contributed by atoms with Crippen molar-refractivity contribution >= 4 is 0 Å². The minimum atomic E-state index is 0.259. The first-order chi connectivity index (χ1) is 5.65. The van der Waals surface area contributed by atoms with Gasteiger partial charge in [0.15, 0.2) is 0 Å². The lowest BCUT2D eigenvalue weighted by Gasteiger charge is -2.04. The smallest absolute Gasteiger partial charge is 0.0760 e. The van der Waals surface area contributed by atoms with Gasteiger partial charge in [-0.1, -0.05) is 6.92 Å². The SMILES string of the molecule is Cc1cc(C(C)CON)nn1C. The second-order valence-electron chi connectivity index (χ2n) is 3.07. The molecule has 12 heavy (non-hydrogen) atoms. The summed E-state index contributed by atoms with van der Waals surface area (Å²) in [5.41, 5.74) is 2.18. The maximum atomic E-state index is 4.98. The Labute approximate surface area is 72.3 Å². The molecule has 1 rings (SSSR count). The van der Waals surface area contributed by atoms with Crippen molar-refractivity contribution in [3.05, 3.63) is 17.5 Å². The Morgan fingerprint density at radius 3 is 2.83 bits per heavy atom. The molecule has 0 fully saturated rings. The summed E-state index contributed by atoms with van der Waals surface area (Å²) < 4.78 is 1.85. The largest absolute Gasteiger partial charge is 0.304 e. The fourth-order valence-corrected chi connectivity index (χ4v) is 1.06. The molecule has 1 atom stereocenters. The summed E-state index contributed by atoms with van der Waals surface area (Å²) in [7, 11) is 1.93. The molecule has 0 spiro atoms. The molecular formula is C8H15N3O. The minimum absolute atomic E-state index is 0.259. The molecule has 0 aliphatic carbocycles. The van der Waals surface area contributed by atoms with Gasteiger partial charge < -0.3 is 4.84 Å². The van der Waals surface area contributed by atoms with Gasteiger partial charge in [0.05, 0.1) is 12.3 Å². The molecule has 2 N–H and O–H groups in total. The van der Waals surface area contributed by atoms with E-state index < -0.39 is 0 Å². The van der Waals surface area contributed by atoms with Gasteiger partial charge in [0.2, 0.25) is 0 Å². The van der Waals surface area contributed by atoms with Crippen molar-refractivity contribution in [3.63, 3.8) is 0 Å². The first-order valence-corrected chi connectivity index (χ1v) is 3.97. The fourth-order valence-electron chi connectivity index (χ4n) is 1.06. The quantitative estimate of drug-likeness (QED) is 0.678. The Morgan fingerprint density at radius 2 is 2.42 bits per heavy atom. The summed E-state index contributed by atoms with van der Waals surface area (Å²) in [6.07, 6.45) is 0. The molecule has 0 saturated carbocycles. The van der Waals surface area contributed by atoms with Crippen LogP contribution in [0.1, 0.15) is 24.2 Å². The highest BCUT2D eigenvalue weighted by molar-refractivity contribution is 5.12. The summed E-state index contributed by atoms with van der Waals surface area (Å²) in [6, 6.07) is 2.05. The Hall–Kier alpha value is -0.870. The second kappa shape index (κ2) is 3.69. The third-order valence-electron chi connectivity index (χ3n) is 1.98. The van der Waals surface area contributed by atoms with Crippen LogP contribution in [-0.4, -0.2) is 16.4 Å². The van der Waals surface area contributed by atoms with Crippen molar-refractivity contribution < 1.29 is 4.84 Å². The van der Waals surface area contributed by atoms with Crippen molar-refractivity contribution in [1.29, 1.82) is 0 Å². The highest BCUT2D eigenvalue weighted by Crippen LogP contribution is 2.13. The summed E-state index contributed by atoms with van der Waals surface area (Å²) in [4.78, 5) is 4.56. The monoisotopic (exact) mass is 169 g/mol. The van der Waals surface area contributed by atoms with E-state index in [2.05, 4.69) is 9.94 Å². The topological polar surface area (TPSA) is 53.1 Å². The van der Waals surface area contributed by atoms with E-state index in [-0.39, 0.29) is 5.92 Å². The zero-order valence-corrected chi connectivity index (χ0v) is 7.74. The van der Waals surface area contributed by atoms with E-state index in [1.165, 1.54) is 0 Å². The van der Waals surface area contributed by atoms with Crippen LogP contribution in [0, 0.1) is 6.92 Å². The summed E-state index contributed by atoms with van der Waals surface area (Å²) >= 11 is 0. The molecule has 1 aromatic rings. The number of hydrogen-bond acceptors (Lipinski definition) is 3. The van der Waals surface area contributed by atoms with E-state index in [4.69, 9.17) is 5.90 Å². The number of hydrogen-bond donors (Lipinski definition) is 1. The summed E-state index contributed by atoms with van der Waals surface area (Å²) in [6.45, 7) is 4.57. The van der Waals surface area contributed by atoms with Gasteiger partial charge in [-0.3, -0.25) is 4.68 Å².